The third-order valence-corrected chi connectivity index (χ3v) is 3.58. The molecule has 2 amide bonds. The summed E-state index contributed by atoms with van der Waals surface area (Å²) in [6.07, 6.45) is 3.65. The van der Waals surface area contributed by atoms with Gasteiger partial charge in [0.15, 0.2) is 5.78 Å². The summed E-state index contributed by atoms with van der Waals surface area (Å²) in [5, 5.41) is 11.5. The van der Waals surface area contributed by atoms with E-state index in [2.05, 4.69) is 5.32 Å². The Labute approximate surface area is 122 Å². The maximum Gasteiger partial charge on any atom is 0.226 e. The highest BCUT2D eigenvalue weighted by atomic mass is 16.5. The van der Waals surface area contributed by atoms with Gasteiger partial charge in [0, 0.05) is 25.3 Å². The quantitative estimate of drug-likeness (QED) is 0.585. The van der Waals surface area contributed by atoms with E-state index in [-0.39, 0.29) is 49.4 Å². The van der Waals surface area contributed by atoms with E-state index in [1.165, 1.54) is 6.08 Å². The molecule has 0 aromatic heterocycles. The minimum Gasteiger partial charge on any atom is -0.481 e. The van der Waals surface area contributed by atoms with E-state index in [4.69, 9.17) is 4.74 Å². The van der Waals surface area contributed by atoms with E-state index >= 15 is 0 Å². The first kappa shape index (κ1) is 15.4. The predicted molar refractivity (Wildman–Crippen MR) is 73.9 cm³/mol. The van der Waals surface area contributed by atoms with Gasteiger partial charge < -0.3 is 9.84 Å². The zero-order valence-corrected chi connectivity index (χ0v) is 12.1. The Morgan fingerprint density at radius 1 is 1.48 bits per heavy atom. The number of amides is 2. The van der Waals surface area contributed by atoms with Crippen LogP contribution in [-0.4, -0.2) is 34.9 Å². The summed E-state index contributed by atoms with van der Waals surface area (Å²) in [5.74, 6) is -0.684. The highest BCUT2D eigenvalue weighted by Gasteiger charge is 2.32. The van der Waals surface area contributed by atoms with Crippen LogP contribution in [0.1, 0.15) is 33.1 Å². The SMILES string of the molecule is CC1=CC(C)(CO)OC1=CC(=O)CC1CC(=O)NC(=O)C1. The summed E-state index contributed by atoms with van der Waals surface area (Å²) in [6, 6.07) is 0. The number of imide groups is 1. The molecule has 0 aromatic carbocycles. The molecule has 114 valence electrons. The lowest BCUT2D eigenvalue weighted by atomic mass is 9.91. The summed E-state index contributed by atoms with van der Waals surface area (Å²) in [7, 11) is 0. The number of piperidine rings is 1. The van der Waals surface area contributed by atoms with E-state index < -0.39 is 5.60 Å². The lowest BCUT2D eigenvalue weighted by Crippen LogP contribution is -2.39. The fraction of sp³-hybridized carbons (Fsp3) is 0.533. The molecule has 6 nitrogen and oxygen atoms in total. The van der Waals surface area contributed by atoms with Crippen LogP contribution in [0.25, 0.3) is 0 Å². The maximum atomic E-state index is 12.0. The molecule has 1 atom stereocenters. The molecule has 1 saturated heterocycles. The number of ketones is 1. The fourth-order valence-electron chi connectivity index (χ4n) is 2.60. The number of rotatable bonds is 4. The summed E-state index contributed by atoms with van der Waals surface area (Å²) in [4.78, 5) is 34.6. The van der Waals surface area contributed by atoms with Crippen LogP contribution in [0.3, 0.4) is 0 Å². The number of aliphatic hydroxyl groups is 1. The van der Waals surface area contributed by atoms with Crippen molar-refractivity contribution >= 4 is 17.6 Å². The Morgan fingerprint density at radius 3 is 2.62 bits per heavy atom. The van der Waals surface area contributed by atoms with Crippen molar-refractivity contribution in [2.24, 2.45) is 5.92 Å². The van der Waals surface area contributed by atoms with Crippen LogP contribution in [0.2, 0.25) is 0 Å². The third-order valence-electron chi connectivity index (χ3n) is 3.58. The molecule has 2 aliphatic rings. The smallest absolute Gasteiger partial charge is 0.226 e. The minimum absolute atomic E-state index is 0.134. The Bertz CT molecular complexity index is 532. The van der Waals surface area contributed by atoms with Gasteiger partial charge in [-0.3, -0.25) is 19.7 Å². The molecular formula is C15H19NO5. The minimum atomic E-state index is -0.795. The molecule has 0 aliphatic carbocycles. The summed E-state index contributed by atoms with van der Waals surface area (Å²) >= 11 is 0. The van der Waals surface area contributed by atoms with Gasteiger partial charge in [-0.15, -0.1) is 0 Å². The van der Waals surface area contributed by atoms with Gasteiger partial charge in [-0.2, -0.15) is 0 Å². The van der Waals surface area contributed by atoms with Gasteiger partial charge in [-0.25, -0.2) is 0 Å². The number of carbonyl (C=O) groups excluding carboxylic acids is 3. The molecular weight excluding hydrogens is 274 g/mol. The zero-order valence-electron chi connectivity index (χ0n) is 12.1. The van der Waals surface area contributed by atoms with E-state index in [1.807, 2.05) is 0 Å². The molecule has 0 radical (unpaired) electrons. The molecule has 0 bridgehead atoms. The second-order valence-electron chi connectivity index (χ2n) is 5.82. The first-order valence-corrected chi connectivity index (χ1v) is 6.88. The summed E-state index contributed by atoms with van der Waals surface area (Å²) < 4.78 is 5.56. The monoisotopic (exact) mass is 293 g/mol. The average molecular weight is 293 g/mol. The van der Waals surface area contributed by atoms with E-state index in [9.17, 15) is 19.5 Å². The van der Waals surface area contributed by atoms with Crippen molar-refractivity contribution in [1.29, 1.82) is 0 Å². The van der Waals surface area contributed by atoms with Gasteiger partial charge in [-0.1, -0.05) is 0 Å². The lowest BCUT2D eigenvalue weighted by Gasteiger charge is -2.20. The molecule has 0 saturated carbocycles. The number of hydrogen-bond donors (Lipinski definition) is 2. The van der Waals surface area contributed by atoms with Gasteiger partial charge in [0.1, 0.15) is 11.4 Å². The molecule has 6 heteroatoms. The van der Waals surface area contributed by atoms with Crippen LogP contribution < -0.4 is 5.32 Å². The summed E-state index contributed by atoms with van der Waals surface area (Å²) in [5.41, 5.74) is -0.00553. The maximum absolute atomic E-state index is 12.0. The van der Waals surface area contributed by atoms with Gasteiger partial charge in [0.2, 0.25) is 11.8 Å². The number of allylic oxidation sites excluding steroid dienone is 2. The molecule has 1 fully saturated rings. The van der Waals surface area contributed by atoms with Crippen LogP contribution in [0, 0.1) is 5.92 Å². The van der Waals surface area contributed by atoms with Crippen molar-refractivity contribution in [2.75, 3.05) is 6.61 Å². The second kappa shape index (κ2) is 5.81. The van der Waals surface area contributed by atoms with Crippen molar-refractivity contribution in [3.63, 3.8) is 0 Å². The first-order valence-electron chi connectivity index (χ1n) is 6.88. The molecule has 0 aromatic rings. The van der Waals surface area contributed by atoms with Gasteiger partial charge in [0.05, 0.1) is 6.61 Å². The average Bonchev–Trinajstić information content (AvgIpc) is 2.63. The Morgan fingerprint density at radius 2 is 2.10 bits per heavy atom. The zero-order chi connectivity index (χ0) is 15.6. The van der Waals surface area contributed by atoms with E-state index in [0.29, 0.717) is 5.76 Å². The Balaban J connectivity index is 1.99. The molecule has 2 rings (SSSR count). The number of hydrogen-bond acceptors (Lipinski definition) is 5. The van der Waals surface area contributed by atoms with Crippen molar-refractivity contribution < 1.29 is 24.2 Å². The van der Waals surface area contributed by atoms with Crippen LogP contribution in [0.4, 0.5) is 0 Å². The van der Waals surface area contributed by atoms with Crippen molar-refractivity contribution in [2.45, 2.75) is 38.7 Å². The largest absolute Gasteiger partial charge is 0.481 e. The van der Waals surface area contributed by atoms with Gasteiger partial charge in [0.25, 0.3) is 0 Å². The molecule has 2 N–H and O–H groups in total. The fourth-order valence-corrected chi connectivity index (χ4v) is 2.60. The number of nitrogens with one attached hydrogen (secondary N) is 1. The summed E-state index contributed by atoms with van der Waals surface area (Å²) in [6.45, 7) is 3.36. The number of ether oxygens (including phenoxy) is 1. The highest BCUT2D eigenvalue weighted by Crippen LogP contribution is 2.31. The third kappa shape index (κ3) is 3.78. The van der Waals surface area contributed by atoms with Crippen LogP contribution in [0.15, 0.2) is 23.5 Å². The van der Waals surface area contributed by atoms with E-state index in [1.54, 1.807) is 19.9 Å². The Kier molecular flexibility index (Phi) is 4.27. The number of carbonyl (C=O) groups is 3. The van der Waals surface area contributed by atoms with Gasteiger partial charge in [-0.05, 0) is 31.4 Å². The first-order chi connectivity index (χ1) is 9.81. The second-order valence-corrected chi connectivity index (χ2v) is 5.82. The van der Waals surface area contributed by atoms with Crippen molar-refractivity contribution in [3.8, 4) is 0 Å². The Hall–Kier alpha value is -1.95. The predicted octanol–water partition coefficient (Wildman–Crippen LogP) is 0.610. The van der Waals surface area contributed by atoms with Crippen molar-refractivity contribution in [3.05, 3.63) is 23.5 Å². The van der Waals surface area contributed by atoms with Crippen LogP contribution in [-0.2, 0) is 19.1 Å². The normalized spacial score (nSPS) is 28.3. The molecule has 2 heterocycles. The van der Waals surface area contributed by atoms with Gasteiger partial charge >= 0.3 is 0 Å². The molecule has 21 heavy (non-hydrogen) atoms. The number of aliphatic hydroxyl groups excluding tert-OH is 1. The molecule has 2 aliphatic heterocycles. The standard InChI is InChI=1S/C15H19NO5/c1-9-7-15(2,8-17)21-12(9)6-11(18)3-10-4-13(19)16-14(20)5-10/h6-7,10,17H,3-5,8H2,1-2H3,(H,16,19,20). The topological polar surface area (TPSA) is 92.7 Å². The van der Waals surface area contributed by atoms with Crippen molar-refractivity contribution in [1.82, 2.24) is 5.32 Å². The highest BCUT2D eigenvalue weighted by molar-refractivity contribution is 5.99. The molecule has 1 unspecified atom stereocenters. The molecule has 0 spiro atoms. The van der Waals surface area contributed by atoms with Crippen LogP contribution >= 0.6 is 0 Å². The van der Waals surface area contributed by atoms with Crippen LogP contribution in [0.5, 0.6) is 0 Å². The van der Waals surface area contributed by atoms with E-state index in [0.717, 1.165) is 5.57 Å². The lowest BCUT2D eigenvalue weighted by molar-refractivity contribution is -0.135.